The summed E-state index contributed by atoms with van der Waals surface area (Å²) in [5.74, 6) is -1.96. The lowest BCUT2D eigenvalue weighted by molar-refractivity contribution is 0.0639. The predicted octanol–water partition coefficient (Wildman–Crippen LogP) is 3.38. The van der Waals surface area contributed by atoms with E-state index in [9.17, 15) is 22.4 Å². The van der Waals surface area contributed by atoms with E-state index >= 15 is 0 Å². The number of anilines is 1. The van der Waals surface area contributed by atoms with E-state index in [2.05, 4.69) is 9.71 Å². The van der Waals surface area contributed by atoms with Crippen LogP contribution in [0.25, 0.3) is 0 Å². The maximum atomic E-state index is 13.9. The number of hydrogen-bond acceptors (Lipinski definition) is 5. The highest BCUT2D eigenvalue weighted by atomic mass is 32.2. The number of nitrogens with zero attached hydrogens (tertiary/aromatic N) is 2. The van der Waals surface area contributed by atoms with E-state index in [1.165, 1.54) is 24.4 Å². The summed E-state index contributed by atoms with van der Waals surface area (Å²) in [6.45, 7) is 1.65. The van der Waals surface area contributed by atoms with Gasteiger partial charge >= 0.3 is 0 Å². The number of nitrogens with one attached hydrogen (secondary N) is 1. The van der Waals surface area contributed by atoms with Gasteiger partial charge in [-0.15, -0.1) is 0 Å². The fourth-order valence-corrected chi connectivity index (χ4v) is 4.66. The summed E-state index contributed by atoms with van der Waals surface area (Å²) in [5.41, 5.74) is 1.61. The quantitative estimate of drug-likeness (QED) is 0.594. The van der Waals surface area contributed by atoms with Gasteiger partial charge in [0.05, 0.1) is 17.0 Å². The van der Waals surface area contributed by atoms with E-state index in [4.69, 9.17) is 0 Å². The highest BCUT2D eigenvalue weighted by Gasteiger charge is 2.37. The molecule has 9 heteroatoms. The Morgan fingerprint density at radius 1 is 1.03 bits per heavy atom. The molecular formula is C22H18FN3O4S. The molecular weight excluding hydrogens is 421 g/mol. The zero-order valence-electron chi connectivity index (χ0n) is 16.5. The van der Waals surface area contributed by atoms with Crippen molar-refractivity contribution in [2.24, 2.45) is 0 Å². The third kappa shape index (κ3) is 3.91. The fourth-order valence-electron chi connectivity index (χ4n) is 3.36. The Bertz CT molecular complexity index is 1260. The SMILES string of the molecule is CCc1ccc(NS(=O)(=O)c2cc(F)ccc2CN2C(=O)c3cccnc3C2=O)cc1. The van der Waals surface area contributed by atoms with Crippen LogP contribution in [0.1, 0.15) is 38.9 Å². The van der Waals surface area contributed by atoms with Crippen molar-refractivity contribution in [1.82, 2.24) is 9.88 Å². The number of hydrogen-bond donors (Lipinski definition) is 1. The van der Waals surface area contributed by atoms with Gasteiger partial charge in [0, 0.05) is 11.9 Å². The van der Waals surface area contributed by atoms with Crippen molar-refractivity contribution in [2.75, 3.05) is 4.72 Å². The minimum Gasteiger partial charge on any atom is -0.280 e. The van der Waals surface area contributed by atoms with Crippen molar-refractivity contribution in [1.29, 1.82) is 0 Å². The summed E-state index contributed by atoms with van der Waals surface area (Å²) < 4.78 is 42.4. The molecule has 3 aromatic rings. The Morgan fingerprint density at radius 3 is 2.45 bits per heavy atom. The van der Waals surface area contributed by atoms with Crippen LogP contribution < -0.4 is 4.72 Å². The topological polar surface area (TPSA) is 96.4 Å². The Labute approximate surface area is 178 Å². The highest BCUT2D eigenvalue weighted by Crippen LogP contribution is 2.27. The average molecular weight is 439 g/mol. The molecule has 0 aliphatic carbocycles. The Kier molecular flexibility index (Phi) is 5.28. The Hall–Kier alpha value is -3.59. The van der Waals surface area contributed by atoms with Crippen LogP contribution in [0.5, 0.6) is 0 Å². The standard InChI is InChI=1S/C22H18FN3O4S/c1-2-14-5-9-17(10-6-14)25-31(29,30)19-12-16(23)8-7-15(19)13-26-21(27)18-4-3-11-24-20(18)22(26)28/h3-12,25H,2,13H2,1H3. The maximum absolute atomic E-state index is 13.9. The number of halogens is 1. The average Bonchev–Trinajstić information content (AvgIpc) is 3.00. The molecule has 0 spiro atoms. The van der Waals surface area contributed by atoms with Crippen molar-refractivity contribution in [2.45, 2.75) is 24.8 Å². The summed E-state index contributed by atoms with van der Waals surface area (Å²) in [4.78, 5) is 29.7. The normalized spacial score (nSPS) is 13.4. The molecule has 31 heavy (non-hydrogen) atoms. The number of pyridine rings is 1. The van der Waals surface area contributed by atoms with Gasteiger partial charge in [0.15, 0.2) is 0 Å². The first-order valence-electron chi connectivity index (χ1n) is 9.51. The predicted molar refractivity (Wildman–Crippen MR) is 111 cm³/mol. The molecule has 1 aliphatic rings. The number of carbonyl (C=O) groups is 2. The first-order chi connectivity index (χ1) is 14.8. The van der Waals surface area contributed by atoms with Gasteiger partial charge in [0.1, 0.15) is 11.5 Å². The Balaban J connectivity index is 1.66. The molecule has 0 radical (unpaired) electrons. The molecule has 4 rings (SSSR count). The lowest BCUT2D eigenvalue weighted by Crippen LogP contribution is -2.30. The van der Waals surface area contributed by atoms with Crippen molar-refractivity contribution in [3.8, 4) is 0 Å². The zero-order chi connectivity index (χ0) is 22.2. The molecule has 1 aliphatic heterocycles. The van der Waals surface area contributed by atoms with Gasteiger partial charge in [0.25, 0.3) is 21.8 Å². The molecule has 0 saturated heterocycles. The van der Waals surface area contributed by atoms with E-state index in [-0.39, 0.29) is 28.3 Å². The number of aryl methyl sites for hydroxylation is 1. The number of rotatable bonds is 6. The number of benzene rings is 2. The van der Waals surface area contributed by atoms with E-state index in [0.29, 0.717) is 5.69 Å². The van der Waals surface area contributed by atoms with Crippen molar-refractivity contribution >= 4 is 27.5 Å². The molecule has 0 atom stereocenters. The largest absolute Gasteiger partial charge is 0.280 e. The molecule has 0 unspecified atom stereocenters. The van der Waals surface area contributed by atoms with E-state index in [0.717, 1.165) is 29.0 Å². The molecule has 7 nitrogen and oxygen atoms in total. The van der Waals surface area contributed by atoms with Gasteiger partial charge < -0.3 is 0 Å². The summed E-state index contributed by atoms with van der Waals surface area (Å²) in [5, 5.41) is 0. The molecule has 1 aromatic heterocycles. The minimum absolute atomic E-state index is 0.00755. The maximum Gasteiger partial charge on any atom is 0.280 e. The van der Waals surface area contributed by atoms with Gasteiger partial charge in [-0.1, -0.05) is 25.1 Å². The summed E-state index contributed by atoms with van der Waals surface area (Å²) in [6, 6.07) is 13.0. The number of imide groups is 1. The monoisotopic (exact) mass is 439 g/mol. The summed E-state index contributed by atoms with van der Waals surface area (Å²) in [7, 11) is -4.18. The van der Waals surface area contributed by atoms with Crippen molar-refractivity contribution < 1.29 is 22.4 Å². The first kappa shape index (κ1) is 20.7. The van der Waals surface area contributed by atoms with Crippen LogP contribution in [0.2, 0.25) is 0 Å². The number of sulfonamides is 1. The van der Waals surface area contributed by atoms with E-state index in [1.54, 1.807) is 24.3 Å². The first-order valence-corrected chi connectivity index (χ1v) is 11.0. The lowest BCUT2D eigenvalue weighted by Gasteiger charge is -2.17. The lowest BCUT2D eigenvalue weighted by atomic mass is 10.2. The second-order valence-corrected chi connectivity index (χ2v) is 8.65. The van der Waals surface area contributed by atoms with Crippen LogP contribution in [-0.2, 0) is 23.0 Å². The number of carbonyl (C=O) groups excluding carboxylic acids is 2. The molecule has 2 aromatic carbocycles. The number of aromatic nitrogens is 1. The highest BCUT2D eigenvalue weighted by molar-refractivity contribution is 7.92. The van der Waals surface area contributed by atoms with Gasteiger partial charge in [-0.2, -0.15) is 0 Å². The second-order valence-electron chi connectivity index (χ2n) is 7.00. The third-order valence-electron chi connectivity index (χ3n) is 4.99. The molecule has 158 valence electrons. The summed E-state index contributed by atoms with van der Waals surface area (Å²) >= 11 is 0. The van der Waals surface area contributed by atoms with E-state index in [1.807, 2.05) is 6.92 Å². The van der Waals surface area contributed by atoms with Gasteiger partial charge in [-0.3, -0.25) is 24.2 Å². The molecule has 0 saturated carbocycles. The van der Waals surface area contributed by atoms with Gasteiger partial charge in [0.2, 0.25) is 0 Å². The van der Waals surface area contributed by atoms with Gasteiger partial charge in [-0.25, -0.2) is 12.8 Å². The number of amides is 2. The van der Waals surface area contributed by atoms with Crippen LogP contribution in [0.4, 0.5) is 10.1 Å². The van der Waals surface area contributed by atoms with Crippen LogP contribution in [-0.4, -0.2) is 30.1 Å². The summed E-state index contributed by atoms with van der Waals surface area (Å²) in [6.07, 6.45) is 2.20. The smallest absolute Gasteiger partial charge is 0.280 e. The van der Waals surface area contributed by atoms with Crippen molar-refractivity contribution in [3.05, 3.63) is 89.0 Å². The molecule has 1 N–H and O–H groups in total. The van der Waals surface area contributed by atoms with Crippen LogP contribution in [0.15, 0.2) is 65.7 Å². The minimum atomic E-state index is -4.18. The number of fused-ring (bicyclic) bond motifs is 1. The molecule has 2 amide bonds. The van der Waals surface area contributed by atoms with E-state index < -0.39 is 27.7 Å². The molecule has 0 fully saturated rings. The molecule has 0 bridgehead atoms. The van der Waals surface area contributed by atoms with Gasteiger partial charge in [-0.05, 0) is 53.9 Å². The zero-order valence-corrected chi connectivity index (χ0v) is 17.3. The van der Waals surface area contributed by atoms with Crippen LogP contribution in [0, 0.1) is 5.82 Å². The Morgan fingerprint density at radius 2 is 1.77 bits per heavy atom. The third-order valence-corrected chi connectivity index (χ3v) is 6.46. The van der Waals surface area contributed by atoms with Crippen molar-refractivity contribution in [3.63, 3.8) is 0 Å². The fraction of sp³-hybridized carbons (Fsp3) is 0.136. The van der Waals surface area contributed by atoms with Crippen LogP contribution >= 0.6 is 0 Å². The van der Waals surface area contributed by atoms with Crippen LogP contribution in [0.3, 0.4) is 0 Å². The second kappa shape index (κ2) is 7.92. The molecule has 2 heterocycles.